The van der Waals surface area contributed by atoms with E-state index in [-0.39, 0.29) is 0 Å². The minimum Gasteiger partial charge on any atom is -0.419 e. The van der Waals surface area contributed by atoms with Crippen LogP contribution in [0.3, 0.4) is 0 Å². The highest BCUT2D eigenvalue weighted by Crippen LogP contribution is 2.39. The summed E-state index contributed by atoms with van der Waals surface area (Å²) < 4.78 is 11.7. The first-order valence-electron chi connectivity index (χ1n) is 10.6. The average molecular weight is 417 g/mol. The molecule has 4 nitrogen and oxygen atoms in total. The molecule has 3 aromatic rings. The molecule has 0 saturated heterocycles. The fourth-order valence-electron chi connectivity index (χ4n) is 3.45. The van der Waals surface area contributed by atoms with Crippen molar-refractivity contribution in [2.75, 3.05) is 0 Å². The molecular formula is C27H28O4. The molecule has 0 aromatic heterocycles. The van der Waals surface area contributed by atoms with Crippen LogP contribution in [0.15, 0.2) is 66.7 Å². The van der Waals surface area contributed by atoms with Crippen LogP contribution < -0.4 is 9.47 Å². The second-order valence-electron chi connectivity index (χ2n) is 7.94. The van der Waals surface area contributed by atoms with Crippen LogP contribution in [0.2, 0.25) is 0 Å². The molecule has 0 N–H and O–H groups in total. The first-order chi connectivity index (χ1) is 14.9. The van der Waals surface area contributed by atoms with Gasteiger partial charge in [-0.2, -0.15) is 0 Å². The Morgan fingerprint density at radius 1 is 0.774 bits per heavy atom. The van der Waals surface area contributed by atoms with Gasteiger partial charge in [0.25, 0.3) is 0 Å². The van der Waals surface area contributed by atoms with Crippen molar-refractivity contribution in [3.05, 3.63) is 94.5 Å². The summed E-state index contributed by atoms with van der Waals surface area (Å²) >= 11 is 0. The molecule has 0 fully saturated rings. The van der Waals surface area contributed by atoms with E-state index in [2.05, 4.69) is 19.9 Å². The third-order valence-corrected chi connectivity index (χ3v) is 5.09. The molecule has 0 bridgehead atoms. The van der Waals surface area contributed by atoms with Gasteiger partial charge in [0.2, 0.25) is 0 Å². The van der Waals surface area contributed by atoms with Crippen molar-refractivity contribution in [3.63, 3.8) is 0 Å². The fourth-order valence-corrected chi connectivity index (χ4v) is 3.45. The lowest BCUT2D eigenvalue weighted by molar-refractivity contribution is 0.0680. The van der Waals surface area contributed by atoms with Crippen LogP contribution in [0.25, 0.3) is 0 Å². The minimum atomic E-state index is -0.483. The Morgan fingerprint density at radius 3 is 1.71 bits per heavy atom. The first kappa shape index (κ1) is 22.3. The lowest BCUT2D eigenvalue weighted by Crippen LogP contribution is -2.16. The van der Waals surface area contributed by atoms with Crippen LogP contribution >= 0.6 is 0 Å². The summed E-state index contributed by atoms with van der Waals surface area (Å²) in [6.45, 7) is 8.19. The zero-order valence-electron chi connectivity index (χ0n) is 18.5. The summed E-state index contributed by atoms with van der Waals surface area (Å²) in [7, 11) is 0. The van der Waals surface area contributed by atoms with Crippen LogP contribution in [0.1, 0.15) is 58.2 Å². The molecule has 3 rings (SSSR count). The number of benzene rings is 3. The molecule has 0 aliphatic heterocycles. The molecule has 4 heteroatoms. The third kappa shape index (κ3) is 5.40. The van der Waals surface area contributed by atoms with E-state index in [1.54, 1.807) is 48.5 Å². The maximum atomic E-state index is 12.8. The first-order valence-corrected chi connectivity index (χ1v) is 10.6. The van der Waals surface area contributed by atoms with Gasteiger partial charge in [0, 0.05) is 0 Å². The molecule has 0 radical (unpaired) electrons. The summed E-state index contributed by atoms with van der Waals surface area (Å²) in [5.74, 6) is 0.0883. The Balaban J connectivity index is 2.07. The predicted molar refractivity (Wildman–Crippen MR) is 122 cm³/mol. The van der Waals surface area contributed by atoms with E-state index in [0.717, 1.165) is 23.1 Å². The van der Waals surface area contributed by atoms with Crippen molar-refractivity contribution >= 4 is 11.9 Å². The van der Waals surface area contributed by atoms with Crippen LogP contribution in [0, 0.1) is 12.8 Å². The summed E-state index contributed by atoms with van der Waals surface area (Å²) in [5, 5.41) is 0. The largest absolute Gasteiger partial charge is 0.419 e. The SMILES string of the molecule is CCc1cc(CC(C)C)c(C)c(OC(=O)c2ccccc2)c1OC(=O)c1ccccc1. The van der Waals surface area contributed by atoms with Gasteiger partial charge in [-0.15, -0.1) is 0 Å². The molecule has 160 valence electrons. The molecule has 0 unspecified atom stereocenters. The van der Waals surface area contributed by atoms with E-state index in [1.807, 2.05) is 26.0 Å². The van der Waals surface area contributed by atoms with Gasteiger partial charge in [-0.25, -0.2) is 9.59 Å². The highest BCUT2D eigenvalue weighted by molar-refractivity contribution is 5.93. The molecular weight excluding hydrogens is 388 g/mol. The van der Waals surface area contributed by atoms with Gasteiger partial charge >= 0.3 is 11.9 Å². The van der Waals surface area contributed by atoms with Gasteiger partial charge in [-0.1, -0.05) is 63.2 Å². The fraction of sp³-hybridized carbons (Fsp3) is 0.259. The summed E-state index contributed by atoms with van der Waals surface area (Å²) in [4.78, 5) is 25.6. The lowest BCUT2D eigenvalue weighted by atomic mass is 9.94. The standard InChI is InChI=1S/C27H28O4/c1-5-20-17-23(16-18(2)3)19(4)24(30-26(28)21-12-8-6-9-13-21)25(20)31-27(29)22-14-10-7-11-15-22/h6-15,17-18H,5,16H2,1-4H3. The molecule has 0 saturated carbocycles. The van der Waals surface area contributed by atoms with E-state index in [9.17, 15) is 9.59 Å². The van der Waals surface area contributed by atoms with Crippen LogP contribution in [0.4, 0.5) is 0 Å². The van der Waals surface area contributed by atoms with E-state index in [1.165, 1.54) is 0 Å². The maximum absolute atomic E-state index is 12.8. The topological polar surface area (TPSA) is 52.6 Å². The van der Waals surface area contributed by atoms with Crippen molar-refractivity contribution in [2.45, 2.75) is 40.5 Å². The number of hydrogen-bond acceptors (Lipinski definition) is 4. The number of rotatable bonds is 7. The molecule has 3 aromatic carbocycles. The summed E-state index contributed by atoms with van der Waals surface area (Å²) in [6, 6.07) is 19.7. The van der Waals surface area contributed by atoms with E-state index >= 15 is 0 Å². The monoisotopic (exact) mass is 416 g/mol. The third-order valence-electron chi connectivity index (χ3n) is 5.09. The Bertz CT molecular complexity index is 1050. The number of carbonyl (C=O) groups excluding carboxylic acids is 2. The minimum absolute atomic E-state index is 0.311. The molecule has 0 aliphatic carbocycles. The Kier molecular flexibility index (Phi) is 7.24. The number of esters is 2. The Labute approximate surface area is 183 Å². The highest BCUT2D eigenvalue weighted by Gasteiger charge is 2.23. The number of aryl methyl sites for hydroxylation is 1. The Morgan fingerprint density at radius 2 is 1.26 bits per heavy atom. The number of hydrogen-bond donors (Lipinski definition) is 0. The normalized spacial score (nSPS) is 10.7. The lowest BCUT2D eigenvalue weighted by Gasteiger charge is -2.20. The number of ether oxygens (including phenoxy) is 2. The van der Waals surface area contributed by atoms with Crippen molar-refractivity contribution in [2.24, 2.45) is 5.92 Å². The quantitative estimate of drug-likeness (QED) is 0.340. The molecule has 0 heterocycles. The van der Waals surface area contributed by atoms with Crippen LogP contribution in [-0.4, -0.2) is 11.9 Å². The second-order valence-corrected chi connectivity index (χ2v) is 7.94. The average Bonchev–Trinajstić information content (AvgIpc) is 2.78. The molecule has 0 aliphatic rings. The van der Waals surface area contributed by atoms with Gasteiger partial charge in [0.1, 0.15) is 0 Å². The van der Waals surface area contributed by atoms with Gasteiger partial charge in [-0.3, -0.25) is 0 Å². The zero-order valence-corrected chi connectivity index (χ0v) is 18.5. The van der Waals surface area contributed by atoms with Crippen LogP contribution in [0.5, 0.6) is 11.5 Å². The van der Waals surface area contributed by atoms with E-state index < -0.39 is 11.9 Å². The van der Waals surface area contributed by atoms with Crippen molar-refractivity contribution < 1.29 is 19.1 Å². The zero-order chi connectivity index (χ0) is 22.4. The van der Waals surface area contributed by atoms with E-state index in [4.69, 9.17) is 9.47 Å². The van der Waals surface area contributed by atoms with Gasteiger partial charge in [0.15, 0.2) is 11.5 Å². The Hall–Kier alpha value is -3.40. The highest BCUT2D eigenvalue weighted by atomic mass is 16.6. The molecule has 0 spiro atoms. The molecule has 31 heavy (non-hydrogen) atoms. The predicted octanol–water partition coefficient (Wildman–Crippen LogP) is 6.19. The van der Waals surface area contributed by atoms with Gasteiger partial charge in [-0.05, 0) is 66.6 Å². The summed E-state index contributed by atoms with van der Waals surface area (Å²) in [6.07, 6.45) is 1.47. The maximum Gasteiger partial charge on any atom is 0.343 e. The van der Waals surface area contributed by atoms with Gasteiger partial charge < -0.3 is 9.47 Å². The van der Waals surface area contributed by atoms with Gasteiger partial charge in [0.05, 0.1) is 11.1 Å². The molecule has 0 amide bonds. The van der Waals surface area contributed by atoms with Crippen molar-refractivity contribution in [1.29, 1.82) is 0 Å². The second kappa shape index (κ2) is 10.1. The summed E-state index contributed by atoms with van der Waals surface area (Å²) in [5.41, 5.74) is 3.61. The molecule has 0 atom stereocenters. The number of carbonyl (C=O) groups is 2. The smallest absolute Gasteiger partial charge is 0.343 e. The van der Waals surface area contributed by atoms with Crippen molar-refractivity contribution in [1.82, 2.24) is 0 Å². The van der Waals surface area contributed by atoms with Crippen LogP contribution in [-0.2, 0) is 12.8 Å². The van der Waals surface area contributed by atoms with Crippen molar-refractivity contribution in [3.8, 4) is 11.5 Å². The van der Waals surface area contributed by atoms with E-state index in [0.29, 0.717) is 35.0 Å².